The number of aromatic carboxylic acids is 1. The quantitative estimate of drug-likeness (QED) is 0.840. The molecule has 114 valence electrons. The highest BCUT2D eigenvalue weighted by Gasteiger charge is 2.55. The molecule has 0 fully saturated rings. The molecule has 1 heterocycles. The van der Waals surface area contributed by atoms with E-state index in [-0.39, 0.29) is 0 Å². The molecule has 0 aliphatic carbocycles. The number of aromatic amines is 1. The van der Waals surface area contributed by atoms with E-state index in [1.807, 2.05) is 0 Å². The Bertz CT molecular complexity index is 509. The van der Waals surface area contributed by atoms with Crippen LogP contribution in [0.15, 0.2) is 0 Å². The van der Waals surface area contributed by atoms with E-state index in [0.29, 0.717) is 0 Å². The smallest absolute Gasteiger partial charge is 0.420 e. The van der Waals surface area contributed by atoms with E-state index < -0.39 is 47.6 Å². The van der Waals surface area contributed by atoms with Gasteiger partial charge < -0.3 is 5.11 Å². The van der Waals surface area contributed by atoms with Crippen molar-refractivity contribution in [1.29, 1.82) is 0 Å². The van der Waals surface area contributed by atoms with E-state index in [1.165, 1.54) is 5.10 Å². The second kappa shape index (κ2) is 4.90. The van der Waals surface area contributed by atoms with Gasteiger partial charge in [0.1, 0.15) is 11.3 Å². The molecule has 12 heteroatoms. The zero-order chi connectivity index (χ0) is 15.9. The van der Waals surface area contributed by atoms with Crippen molar-refractivity contribution in [1.82, 2.24) is 10.2 Å². The number of carboxylic acid groups (broad SMARTS) is 1. The standard InChI is InChI=1S/C8H4F8N2O2/c9-4(7(12,13)6(10)11)2-1(8(14,15)16)3(5(19)20)18-17-2/h4,6H,(H,17,18)(H,19,20). The summed E-state index contributed by atoms with van der Waals surface area (Å²) in [6.07, 6.45) is -14.3. The van der Waals surface area contributed by atoms with Gasteiger partial charge >= 0.3 is 24.5 Å². The van der Waals surface area contributed by atoms with Crippen LogP contribution in [-0.4, -0.2) is 33.6 Å². The van der Waals surface area contributed by atoms with Crippen molar-refractivity contribution in [2.45, 2.75) is 24.7 Å². The van der Waals surface area contributed by atoms with Gasteiger partial charge in [-0.25, -0.2) is 18.0 Å². The van der Waals surface area contributed by atoms with Crippen LogP contribution < -0.4 is 0 Å². The van der Waals surface area contributed by atoms with Crippen molar-refractivity contribution in [2.75, 3.05) is 0 Å². The molecule has 0 aromatic carbocycles. The Kier molecular flexibility index (Phi) is 3.97. The van der Waals surface area contributed by atoms with Crippen molar-refractivity contribution in [3.8, 4) is 0 Å². The Labute approximate surface area is 104 Å². The Morgan fingerprint density at radius 3 is 2.00 bits per heavy atom. The van der Waals surface area contributed by atoms with E-state index in [4.69, 9.17) is 5.11 Å². The third kappa shape index (κ3) is 2.67. The zero-order valence-electron chi connectivity index (χ0n) is 8.98. The lowest BCUT2D eigenvalue weighted by Crippen LogP contribution is -2.33. The SMILES string of the molecule is O=C(O)c1[nH]nc(C(F)C(F)(F)C(F)F)c1C(F)(F)F. The molecular weight excluding hydrogens is 308 g/mol. The number of hydrogen-bond donors (Lipinski definition) is 2. The number of H-pyrrole nitrogens is 1. The molecule has 1 atom stereocenters. The molecule has 0 radical (unpaired) electrons. The molecule has 0 spiro atoms. The minimum atomic E-state index is -5.57. The van der Waals surface area contributed by atoms with Gasteiger partial charge in [-0.15, -0.1) is 0 Å². The van der Waals surface area contributed by atoms with Gasteiger partial charge in [0, 0.05) is 0 Å². The highest BCUT2D eigenvalue weighted by molar-refractivity contribution is 5.87. The van der Waals surface area contributed by atoms with Crippen molar-refractivity contribution in [3.63, 3.8) is 0 Å². The Balaban J connectivity index is 3.44. The maximum Gasteiger partial charge on any atom is 0.420 e. The number of hydrogen-bond acceptors (Lipinski definition) is 2. The van der Waals surface area contributed by atoms with E-state index >= 15 is 0 Å². The minimum absolute atomic E-state index is 1.18. The molecule has 0 amide bonds. The fourth-order valence-corrected chi connectivity index (χ4v) is 1.27. The van der Waals surface area contributed by atoms with Gasteiger partial charge in [-0.3, -0.25) is 5.10 Å². The number of carboxylic acids is 1. The van der Waals surface area contributed by atoms with Crippen LogP contribution >= 0.6 is 0 Å². The number of carbonyl (C=O) groups is 1. The first-order chi connectivity index (χ1) is 8.90. The van der Waals surface area contributed by atoms with Gasteiger partial charge in [-0.1, -0.05) is 0 Å². The molecule has 0 aliphatic rings. The summed E-state index contributed by atoms with van der Waals surface area (Å²) in [6, 6.07) is 0. The van der Waals surface area contributed by atoms with Gasteiger partial charge in [0.15, 0.2) is 5.69 Å². The van der Waals surface area contributed by atoms with E-state index in [2.05, 4.69) is 5.10 Å². The summed E-state index contributed by atoms with van der Waals surface area (Å²) in [7, 11) is 0. The molecule has 0 saturated carbocycles. The predicted octanol–water partition coefficient (Wildman–Crippen LogP) is 3.04. The maximum absolute atomic E-state index is 13.2. The van der Waals surface area contributed by atoms with Crippen LogP contribution in [0.1, 0.15) is 27.9 Å². The Morgan fingerprint density at radius 1 is 1.15 bits per heavy atom. The fourth-order valence-electron chi connectivity index (χ4n) is 1.27. The van der Waals surface area contributed by atoms with Gasteiger partial charge in [-0.05, 0) is 0 Å². The molecule has 0 aliphatic heterocycles. The number of rotatable bonds is 4. The molecule has 2 N–H and O–H groups in total. The summed E-state index contributed by atoms with van der Waals surface area (Å²) >= 11 is 0. The first kappa shape index (κ1) is 16.2. The predicted molar refractivity (Wildman–Crippen MR) is 45.3 cm³/mol. The molecule has 0 bridgehead atoms. The Morgan fingerprint density at radius 2 is 1.65 bits per heavy atom. The topological polar surface area (TPSA) is 66.0 Å². The average molecular weight is 312 g/mol. The number of nitrogens with one attached hydrogen (secondary N) is 1. The summed E-state index contributed by atoms with van der Waals surface area (Å²) < 4.78 is 100. The van der Waals surface area contributed by atoms with E-state index in [9.17, 15) is 39.9 Å². The van der Waals surface area contributed by atoms with Crippen LogP contribution in [0.4, 0.5) is 35.1 Å². The van der Waals surface area contributed by atoms with Crippen LogP contribution in [0.2, 0.25) is 0 Å². The fraction of sp³-hybridized carbons (Fsp3) is 0.500. The second-order valence-electron chi connectivity index (χ2n) is 3.50. The van der Waals surface area contributed by atoms with Gasteiger partial charge in [0.05, 0.1) is 0 Å². The van der Waals surface area contributed by atoms with Gasteiger partial charge in [0.25, 0.3) is 0 Å². The van der Waals surface area contributed by atoms with Crippen LogP contribution in [0.25, 0.3) is 0 Å². The summed E-state index contributed by atoms with van der Waals surface area (Å²) in [5.41, 5.74) is -6.22. The third-order valence-corrected chi connectivity index (χ3v) is 2.16. The summed E-state index contributed by atoms with van der Waals surface area (Å²) in [4.78, 5) is 10.5. The van der Waals surface area contributed by atoms with Crippen LogP contribution in [-0.2, 0) is 6.18 Å². The van der Waals surface area contributed by atoms with Crippen LogP contribution in [0.5, 0.6) is 0 Å². The zero-order valence-corrected chi connectivity index (χ0v) is 8.98. The van der Waals surface area contributed by atoms with Crippen molar-refractivity contribution >= 4 is 5.97 Å². The third-order valence-electron chi connectivity index (χ3n) is 2.16. The highest BCUT2D eigenvalue weighted by atomic mass is 19.4. The summed E-state index contributed by atoms with van der Waals surface area (Å²) in [5.74, 6) is -7.71. The number of halogens is 8. The van der Waals surface area contributed by atoms with Gasteiger partial charge in [-0.2, -0.15) is 27.1 Å². The van der Waals surface area contributed by atoms with Crippen molar-refractivity contribution < 1.29 is 45.0 Å². The summed E-state index contributed by atoms with van der Waals surface area (Å²) in [6.45, 7) is 0. The molecular formula is C8H4F8N2O2. The van der Waals surface area contributed by atoms with Crippen molar-refractivity contribution in [2.24, 2.45) is 0 Å². The summed E-state index contributed by atoms with van der Waals surface area (Å²) in [5, 5.41) is 12.0. The Hall–Kier alpha value is -1.88. The number of aromatic nitrogens is 2. The average Bonchev–Trinajstić information content (AvgIpc) is 2.71. The molecule has 20 heavy (non-hydrogen) atoms. The highest BCUT2D eigenvalue weighted by Crippen LogP contribution is 2.44. The first-order valence-corrected chi connectivity index (χ1v) is 4.59. The van der Waals surface area contributed by atoms with Gasteiger partial charge in [0.2, 0.25) is 6.17 Å². The van der Waals surface area contributed by atoms with Crippen molar-refractivity contribution in [3.05, 3.63) is 17.0 Å². The molecule has 1 unspecified atom stereocenters. The van der Waals surface area contributed by atoms with Crippen LogP contribution in [0, 0.1) is 0 Å². The lowest BCUT2D eigenvalue weighted by Gasteiger charge is -2.19. The van der Waals surface area contributed by atoms with Crippen LogP contribution in [0.3, 0.4) is 0 Å². The van der Waals surface area contributed by atoms with E-state index in [0.717, 1.165) is 0 Å². The molecule has 0 saturated heterocycles. The first-order valence-electron chi connectivity index (χ1n) is 4.59. The second-order valence-corrected chi connectivity index (χ2v) is 3.50. The number of nitrogens with zero attached hydrogens (tertiary/aromatic N) is 1. The van der Waals surface area contributed by atoms with E-state index in [1.54, 1.807) is 0 Å². The maximum atomic E-state index is 13.2. The largest absolute Gasteiger partial charge is 0.477 e. The number of alkyl halides is 8. The monoisotopic (exact) mass is 312 g/mol. The lowest BCUT2D eigenvalue weighted by atomic mass is 10.0. The molecule has 1 aromatic heterocycles. The normalized spacial score (nSPS) is 14.7. The minimum Gasteiger partial charge on any atom is -0.477 e. The molecule has 4 nitrogen and oxygen atoms in total. The lowest BCUT2D eigenvalue weighted by molar-refractivity contribution is -0.177. The molecule has 1 rings (SSSR count). The molecule has 1 aromatic rings.